The molecule has 0 aromatic carbocycles. The second-order valence-electron chi connectivity index (χ2n) is 4.68. The maximum Gasteiger partial charge on any atom is 0.113 e. The van der Waals surface area contributed by atoms with Gasteiger partial charge in [0.15, 0.2) is 0 Å². The van der Waals surface area contributed by atoms with E-state index in [1.807, 2.05) is 0 Å². The predicted octanol–water partition coefficient (Wildman–Crippen LogP) is 1.07. The van der Waals surface area contributed by atoms with Crippen molar-refractivity contribution in [2.24, 2.45) is 5.92 Å². The van der Waals surface area contributed by atoms with E-state index in [4.69, 9.17) is 9.84 Å². The summed E-state index contributed by atoms with van der Waals surface area (Å²) in [5.41, 5.74) is 0.0671. The Kier molecular flexibility index (Phi) is 3.33. The van der Waals surface area contributed by atoms with Crippen molar-refractivity contribution in [3.8, 4) is 0 Å². The topological polar surface area (TPSA) is 32.7 Å². The standard InChI is InChI=1S/C10H21NO2/c1-8(2)9-11(5-6-12)10(3,4)7-13-9/h8-9,12H,5-7H2,1-4H3. The normalized spacial score (nSPS) is 28.6. The zero-order valence-electron chi connectivity index (χ0n) is 9.08. The molecule has 13 heavy (non-hydrogen) atoms. The quantitative estimate of drug-likeness (QED) is 0.717. The van der Waals surface area contributed by atoms with Crippen molar-refractivity contribution < 1.29 is 9.84 Å². The first kappa shape index (κ1) is 11.0. The number of β-amino-alcohol motifs (C(OH)–C–C–N with tert-alkyl or cyclic N) is 1. The minimum Gasteiger partial charge on any atom is -0.395 e. The number of hydrogen-bond acceptors (Lipinski definition) is 3. The van der Waals surface area contributed by atoms with E-state index in [1.165, 1.54) is 0 Å². The summed E-state index contributed by atoms with van der Waals surface area (Å²) >= 11 is 0. The van der Waals surface area contributed by atoms with Crippen LogP contribution in [0, 0.1) is 5.92 Å². The lowest BCUT2D eigenvalue weighted by molar-refractivity contribution is -0.0168. The second kappa shape index (κ2) is 3.95. The van der Waals surface area contributed by atoms with Crippen molar-refractivity contribution in [3.05, 3.63) is 0 Å². The zero-order chi connectivity index (χ0) is 10.1. The van der Waals surface area contributed by atoms with E-state index >= 15 is 0 Å². The smallest absolute Gasteiger partial charge is 0.113 e. The van der Waals surface area contributed by atoms with Gasteiger partial charge in [0.1, 0.15) is 6.23 Å². The molecule has 3 nitrogen and oxygen atoms in total. The van der Waals surface area contributed by atoms with Gasteiger partial charge in [0.25, 0.3) is 0 Å². The molecule has 1 rings (SSSR count). The average molecular weight is 187 g/mol. The summed E-state index contributed by atoms with van der Waals surface area (Å²) in [7, 11) is 0. The lowest BCUT2D eigenvalue weighted by Gasteiger charge is -2.34. The highest BCUT2D eigenvalue weighted by Crippen LogP contribution is 2.29. The highest BCUT2D eigenvalue weighted by molar-refractivity contribution is 4.89. The van der Waals surface area contributed by atoms with Crippen molar-refractivity contribution in [2.45, 2.75) is 39.5 Å². The van der Waals surface area contributed by atoms with Crippen molar-refractivity contribution in [1.29, 1.82) is 0 Å². The van der Waals surface area contributed by atoms with Gasteiger partial charge in [0.05, 0.1) is 13.2 Å². The number of aliphatic hydroxyl groups is 1. The van der Waals surface area contributed by atoms with Gasteiger partial charge in [-0.2, -0.15) is 0 Å². The Labute approximate surface area is 80.7 Å². The van der Waals surface area contributed by atoms with Gasteiger partial charge in [0.2, 0.25) is 0 Å². The Morgan fingerprint density at radius 1 is 1.54 bits per heavy atom. The van der Waals surface area contributed by atoms with Gasteiger partial charge in [-0.3, -0.25) is 4.90 Å². The van der Waals surface area contributed by atoms with Gasteiger partial charge in [-0.25, -0.2) is 0 Å². The van der Waals surface area contributed by atoms with E-state index in [1.54, 1.807) is 0 Å². The van der Waals surface area contributed by atoms with Crippen LogP contribution in [0.25, 0.3) is 0 Å². The van der Waals surface area contributed by atoms with Crippen LogP contribution in [0.5, 0.6) is 0 Å². The van der Waals surface area contributed by atoms with E-state index < -0.39 is 0 Å². The SMILES string of the molecule is CC(C)C1OCC(C)(C)N1CCO. The number of rotatable bonds is 3. The fraction of sp³-hybridized carbons (Fsp3) is 1.00. The van der Waals surface area contributed by atoms with E-state index in [-0.39, 0.29) is 18.4 Å². The summed E-state index contributed by atoms with van der Waals surface area (Å²) in [5, 5.41) is 8.96. The molecule has 1 fully saturated rings. The lowest BCUT2D eigenvalue weighted by atomic mass is 10.0. The first-order valence-electron chi connectivity index (χ1n) is 4.98. The van der Waals surface area contributed by atoms with E-state index in [0.717, 1.165) is 6.61 Å². The molecule has 1 saturated heterocycles. The summed E-state index contributed by atoms with van der Waals surface area (Å²) in [5.74, 6) is 0.480. The van der Waals surface area contributed by atoms with Crippen molar-refractivity contribution in [3.63, 3.8) is 0 Å². The van der Waals surface area contributed by atoms with Crippen molar-refractivity contribution >= 4 is 0 Å². The van der Waals surface area contributed by atoms with Crippen molar-refractivity contribution in [2.75, 3.05) is 19.8 Å². The van der Waals surface area contributed by atoms with Crippen LogP contribution in [-0.4, -0.2) is 41.5 Å². The lowest BCUT2D eigenvalue weighted by Crippen LogP contribution is -2.47. The molecule has 0 bridgehead atoms. The van der Waals surface area contributed by atoms with Crippen LogP contribution in [0.3, 0.4) is 0 Å². The summed E-state index contributed by atoms with van der Waals surface area (Å²) in [6.45, 7) is 10.3. The van der Waals surface area contributed by atoms with Crippen LogP contribution < -0.4 is 0 Å². The minimum absolute atomic E-state index is 0.0671. The molecule has 1 unspecified atom stereocenters. The van der Waals surface area contributed by atoms with E-state index in [0.29, 0.717) is 12.5 Å². The van der Waals surface area contributed by atoms with Gasteiger partial charge < -0.3 is 9.84 Å². The molecule has 0 spiro atoms. The molecular weight excluding hydrogens is 166 g/mol. The molecule has 1 aliphatic heterocycles. The molecule has 0 aromatic rings. The highest BCUT2D eigenvalue weighted by Gasteiger charge is 2.41. The summed E-state index contributed by atoms with van der Waals surface area (Å²) < 4.78 is 5.71. The van der Waals surface area contributed by atoms with Crippen LogP contribution in [-0.2, 0) is 4.74 Å². The Morgan fingerprint density at radius 2 is 2.15 bits per heavy atom. The maximum absolute atomic E-state index is 8.96. The third kappa shape index (κ3) is 2.22. The van der Waals surface area contributed by atoms with Gasteiger partial charge in [-0.1, -0.05) is 13.8 Å². The Morgan fingerprint density at radius 3 is 2.62 bits per heavy atom. The molecule has 1 N–H and O–H groups in total. The van der Waals surface area contributed by atoms with Crippen LogP contribution in [0.1, 0.15) is 27.7 Å². The molecule has 0 radical (unpaired) electrons. The first-order valence-corrected chi connectivity index (χ1v) is 4.98. The molecular formula is C10H21NO2. The third-order valence-electron chi connectivity index (χ3n) is 2.60. The summed E-state index contributed by atoms with van der Waals surface area (Å²) in [6.07, 6.45) is 0.169. The Hall–Kier alpha value is -0.120. The van der Waals surface area contributed by atoms with E-state index in [9.17, 15) is 0 Å². The van der Waals surface area contributed by atoms with Crippen LogP contribution in [0.2, 0.25) is 0 Å². The number of hydrogen-bond donors (Lipinski definition) is 1. The Balaban J connectivity index is 2.67. The minimum atomic E-state index is 0.0671. The molecule has 0 amide bonds. The largest absolute Gasteiger partial charge is 0.395 e. The van der Waals surface area contributed by atoms with Gasteiger partial charge in [0, 0.05) is 12.1 Å². The maximum atomic E-state index is 8.96. The van der Waals surface area contributed by atoms with Crippen LogP contribution >= 0.6 is 0 Å². The summed E-state index contributed by atoms with van der Waals surface area (Å²) in [6, 6.07) is 0. The molecule has 0 saturated carbocycles. The molecule has 1 heterocycles. The van der Waals surface area contributed by atoms with E-state index in [2.05, 4.69) is 32.6 Å². The van der Waals surface area contributed by atoms with Gasteiger partial charge in [-0.15, -0.1) is 0 Å². The molecule has 78 valence electrons. The number of ether oxygens (including phenoxy) is 1. The molecule has 0 aromatic heterocycles. The van der Waals surface area contributed by atoms with Crippen molar-refractivity contribution in [1.82, 2.24) is 4.90 Å². The molecule has 1 atom stereocenters. The predicted molar refractivity (Wildman–Crippen MR) is 52.4 cm³/mol. The number of nitrogens with zero attached hydrogens (tertiary/aromatic N) is 1. The molecule has 3 heteroatoms. The van der Waals surface area contributed by atoms with Crippen LogP contribution in [0.4, 0.5) is 0 Å². The fourth-order valence-electron chi connectivity index (χ4n) is 1.90. The third-order valence-corrected chi connectivity index (χ3v) is 2.60. The molecule has 1 aliphatic rings. The summed E-state index contributed by atoms with van der Waals surface area (Å²) in [4.78, 5) is 2.25. The van der Waals surface area contributed by atoms with Gasteiger partial charge in [-0.05, 0) is 19.8 Å². The fourth-order valence-corrected chi connectivity index (χ4v) is 1.90. The highest BCUT2D eigenvalue weighted by atomic mass is 16.5. The monoisotopic (exact) mass is 187 g/mol. The molecule has 0 aliphatic carbocycles. The Bertz CT molecular complexity index is 168. The zero-order valence-corrected chi connectivity index (χ0v) is 9.08. The number of aliphatic hydroxyl groups excluding tert-OH is 1. The first-order chi connectivity index (χ1) is 5.99. The second-order valence-corrected chi connectivity index (χ2v) is 4.68. The average Bonchev–Trinajstić information content (AvgIpc) is 2.29. The van der Waals surface area contributed by atoms with Gasteiger partial charge >= 0.3 is 0 Å². The van der Waals surface area contributed by atoms with Crippen LogP contribution in [0.15, 0.2) is 0 Å².